The van der Waals surface area contributed by atoms with Crippen LogP contribution in [0.3, 0.4) is 0 Å². The molecule has 0 aromatic carbocycles. The quantitative estimate of drug-likeness (QED) is 0.136. The van der Waals surface area contributed by atoms with E-state index in [1.54, 1.807) is 0 Å². The van der Waals surface area contributed by atoms with Crippen LogP contribution in [-0.2, 0) is 22.0 Å². The molecule has 0 rings (SSSR count). The fourth-order valence-electron chi connectivity index (χ4n) is 1.20. The molecule has 0 aliphatic heterocycles. The van der Waals surface area contributed by atoms with Gasteiger partial charge in [0.05, 0.1) is 0 Å². The van der Waals surface area contributed by atoms with Crippen LogP contribution in [0, 0.1) is 0 Å². The van der Waals surface area contributed by atoms with Gasteiger partial charge in [0.15, 0.2) is 0 Å². The fourth-order valence-corrected chi connectivity index (χ4v) is 2.40. The van der Waals surface area contributed by atoms with Gasteiger partial charge in [-0.25, -0.2) is 0 Å². The molecule has 2 N–H and O–H groups in total. The van der Waals surface area contributed by atoms with Crippen molar-refractivity contribution in [3.05, 3.63) is 0 Å². The van der Waals surface area contributed by atoms with Crippen molar-refractivity contribution in [3.63, 3.8) is 0 Å². The van der Waals surface area contributed by atoms with Crippen molar-refractivity contribution >= 4 is 0 Å². The van der Waals surface area contributed by atoms with Crippen molar-refractivity contribution in [1.29, 1.82) is 0 Å². The summed E-state index contributed by atoms with van der Waals surface area (Å²) in [5.41, 5.74) is 0. The summed E-state index contributed by atoms with van der Waals surface area (Å²) in [5.74, 6) is 0. The van der Waals surface area contributed by atoms with Crippen molar-refractivity contribution in [1.82, 2.24) is 5.32 Å². The minimum absolute atomic E-state index is 0.0504. The third-order valence-electron chi connectivity index (χ3n) is 2.16. The Balaban J connectivity index is 2.90. The zero-order valence-corrected chi connectivity index (χ0v) is 15.0. The molecule has 0 aromatic heterocycles. The van der Waals surface area contributed by atoms with E-state index < -0.39 is 0 Å². The summed E-state index contributed by atoms with van der Waals surface area (Å²) in [6, 6.07) is 0. The first kappa shape index (κ1) is 21.4. The summed E-state index contributed by atoms with van der Waals surface area (Å²) in [7, 11) is 0. The molecule has 0 amide bonds. The third-order valence-corrected chi connectivity index (χ3v) is 3.74. The van der Waals surface area contributed by atoms with E-state index >= 15 is 0 Å². The van der Waals surface area contributed by atoms with Gasteiger partial charge in [0.2, 0.25) is 0 Å². The van der Waals surface area contributed by atoms with Gasteiger partial charge >= 0.3 is 138 Å². The maximum atomic E-state index is 8.49. The molecule has 0 saturated carbocycles. The molecule has 0 unspecified atom stereocenters. The number of aliphatic hydroxyl groups is 1. The standard InChI is InChI=1S/C13H29INO6/c1-2-17-6-3-15-4-7-21-14-13-20-12-11-19-10-9-18-8-5-16/h15-16H,2-13H2,1H3/q-1. The Hall–Kier alpha value is 0.450. The number of aliphatic hydroxyl groups excluding tert-OH is 1. The van der Waals surface area contributed by atoms with E-state index in [2.05, 4.69) is 5.32 Å². The van der Waals surface area contributed by atoms with Crippen LogP contribution in [-0.4, -0.2) is 82.3 Å². The van der Waals surface area contributed by atoms with E-state index in [0.29, 0.717) is 37.6 Å². The third kappa shape index (κ3) is 20.4. The minimum atomic E-state index is -0.340. The van der Waals surface area contributed by atoms with Gasteiger partial charge in [-0.2, -0.15) is 0 Å². The molecule has 0 aromatic rings. The number of ether oxygens (including phenoxy) is 4. The normalized spacial score (nSPS) is 11.3. The van der Waals surface area contributed by atoms with Crippen molar-refractivity contribution in [2.45, 2.75) is 6.92 Å². The molecule has 0 heterocycles. The molecule has 0 aliphatic carbocycles. The van der Waals surface area contributed by atoms with E-state index in [1.165, 1.54) is 0 Å². The van der Waals surface area contributed by atoms with Crippen LogP contribution in [0.4, 0.5) is 0 Å². The topological polar surface area (TPSA) is 78.4 Å². The van der Waals surface area contributed by atoms with E-state index in [-0.39, 0.29) is 28.2 Å². The number of alkyl halides is 1. The van der Waals surface area contributed by atoms with Crippen LogP contribution >= 0.6 is 0 Å². The SMILES string of the molecule is CCOCCNCCO[I-]COCCOCCOCCO. The number of rotatable bonds is 18. The number of hydrogen-bond donors (Lipinski definition) is 2. The van der Waals surface area contributed by atoms with Gasteiger partial charge in [0, 0.05) is 0 Å². The Morgan fingerprint density at radius 3 is 2.19 bits per heavy atom. The van der Waals surface area contributed by atoms with Gasteiger partial charge in [0.1, 0.15) is 0 Å². The number of nitrogens with one attached hydrogen (secondary N) is 1. The van der Waals surface area contributed by atoms with Crippen LogP contribution in [0.1, 0.15) is 6.92 Å². The Morgan fingerprint density at radius 1 is 0.810 bits per heavy atom. The number of hydrogen-bond acceptors (Lipinski definition) is 7. The van der Waals surface area contributed by atoms with Crippen molar-refractivity contribution in [2.75, 3.05) is 77.2 Å². The summed E-state index contributed by atoms with van der Waals surface area (Å²) < 4.78 is 27.1. The molecule has 0 radical (unpaired) electrons. The molecule has 0 saturated heterocycles. The van der Waals surface area contributed by atoms with Crippen molar-refractivity contribution in [3.8, 4) is 0 Å². The van der Waals surface area contributed by atoms with Gasteiger partial charge < -0.3 is 0 Å². The average molecular weight is 422 g/mol. The first-order valence-corrected chi connectivity index (χ1v) is 9.66. The zero-order valence-electron chi connectivity index (χ0n) is 12.9. The Bertz CT molecular complexity index is 172. The van der Waals surface area contributed by atoms with E-state index in [0.717, 1.165) is 32.9 Å². The predicted molar refractivity (Wildman–Crippen MR) is 74.9 cm³/mol. The summed E-state index contributed by atoms with van der Waals surface area (Å²) in [5, 5.41) is 11.7. The Labute approximate surface area is 138 Å². The average Bonchev–Trinajstić information content (AvgIpc) is 2.50. The van der Waals surface area contributed by atoms with Gasteiger partial charge in [-0.15, -0.1) is 0 Å². The first-order chi connectivity index (χ1) is 10.4. The van der Waals surface area contributed by atoms with E-state index in [9.17, 15) is 0 Å². The molecule has 0 bridgehead atoms. The molecular formula is C13H29INO6-. The summed E-state index contributed by atoms with van der Waals surface area (Å²) in [6.45, 7) is 8.54. The first-order valence-electron chi connectivity index (χ1n) is 7.25. The maximum absolute atomic E-state index is 8.49. The second-order valence-electron chi connectivity index (χ2n) is 3.83. The molecule has 0 spiro atoms. The summed E-state index contributed by atoms with van der Waals surface area (Å²) >= 11 is -0.340. The summed E-state index contributed by atoms with van der Waals surface area (Å²) in [6.07, 6.45) is 0. The molecule has 130 valence electrons. The van der Waals surface area contributed by atoms with Crippen LogP contribution in [0.15, 0.2) is 0 Å². The van der Waals surface area contributed by atoms with Crippen molar-refractivity contribution < 1.29 is 48.7 Å². The molecule has 0 fully saturated rings. The molecule has 21 heavy (non-hydrogen) atoms. The van der Waals surface area contributed by atoms with Crippen LogP contribution in [0.5, 0.6) is 0 Å². The van der Waals surface area contributed by atoms with Gasteiger partial charge in [-0.05, 0) is 0 Å². The zero-order chi connectivity index (χ0) is 15.4. The fraction of sp³-hybridized carbons (Fsp3) is 1.00. The van der Waals surface area contributed by atoms with Gasteiger partial charge in [0.25, 0.3) is 0 Å². The predicted octanol–water partition coefficient (Wildman–Crippen LogP) is -3.37. The Kier molecular flexibility index (Phi) is 20.9. The Morgan fingerprint density at radius 2 is 1.48 bits per heavy atom. The molecule has 7 nitrogen and oxygen atoms in total. The van der Waals surface area contributed by atoms with Gasteiger partial charge in [-0.3, -0.25) is 0 Å². The van der Waals surface area contributed by atoms with E-state index in [1.807, 2.05) is 6.92 Å². The molecule has 8 heteroatoms. The second kappa shape index (κ2) is 20.5. The van der Waals surface area contributed by atoms with Crippen LogP contribution in [0.2, 0.25) is 0 Å². The number of halogens is 1. The summed E-state index contributed by atoms with van der Waals surface area (Å²) in [4.78, 5) is 0. The van der Waals surface area contributed by atoms with Gasteiger partial charge in [-0.1, -0.05) is 0 Å². The van der Waals surface area contributed by atoms with E-state index in [4.69, 9.17) is 27.1 Å². The molecule has 0 aliphatic rings. The molecular weight excluding hydrogens is 393 g/mol. The molecule has 0 atom stereocenters. The van der Waals surface area contributed by atoms with Crippen LogP contribution in [0.25, 0.3) is 0 Å². The monoisotopic (exact) mass is 422 g/mol. The van der Waals surface area contributed by atoms with Crippen molar-refractivity contribution in [2.24, 2.45) is 0 Å². The second-order valence-corrected chi connectivity index (χ2v) is 5.70. The van der Waals surface area contributed by atoms with Crippen LogP contribution < -0.4 is 26.9 Å².